The Balaban J connectivity index is 2.67. The second-order valence-electron chi connectivity index (χ2n) is 2.37. The molecule has 1 amide bonds. The predicted molar refractivity (Wildman–Crippen MR) is 37.5 cm³/mol. The van der Waals surface area contributed by atoms with Gasteiger partial charge in [0.25, 0.3) is 5.91 Å². The highest BCUT2D eigenvalue weighted by atomic mass is 16.5. The topological polar surface area (TPSA) is 55.4 Å². The van der Waals surface area contributed by atoms with Crippen molar-refractivity contribution in [3.8, 4) is 0 Å². The quantitative estimate of drug-likeness (QED) is 0.540. The van der Waals surface area contributed by atoms with Crippen LogP contribution in [0, 0.1) is 0 Å². The maximum atomic E-state index is 10.8. The third-order valence-corrected chi connectivity index (χ3v) is 1.25. The van der Waals surface area contributed by atoms with Gasteiger partial charge >= 0.3 is 0 Å². The van der Waals surface area contributed by atoms with Crippen LogP contribution in [0.2, 0.25) is 0 Å². The molecule has 1 aliphatic rings. The van der Waals surface area contributed by atoms with Crippen molar-refractivity contribution in [3.05, 3.63) is 12.0 Å². The van der Waals surface area contributed by atoms with Crippen molar-refractivity contribution in [2.45, 2.75) is 20.0 Å². The number of hydrogen-bond donors (Lipinski definition) is 1. The first-order valence-corrected chi connectivity index (χ1v) is 3.29. The van der Waals surface area contributed by atoms with Crippen molar-refractivity contribution >= 4 is 11.7 Å². The molecule has 11 heavy (non-hydrogen) atoms. The molecule has 0 aromatic rings. The van der Waals surface area contributed by atoms with Crippen LogP contribution in [0.3, 0.4) is 0 Å². The molecule has 4 nitrogen and oxygen atoms in total. The molecule has 0 aliphatic carbocycles. The number of ether oxygens (including phenoxy) is 1. The normalized spacial score (nSPS) is 26.5. The molecule has 1 heterocycles. The zero-order chi connectivity index (χ0) is 8.43. The summed E-state index contributed by atoms with van der Waals surface area (Å²) >= 11 is 0. The molecule has 1 fully saturated rings. The van der Waals surface area contributed by atoms with Crippen molar-refractivity contribution in [1.82, 2.24) is 5.32 Å². The van der Waals surface area contributed by atoms with Crippen molar-refractivity contribution in [2.24, 2.45) is 0 Å². The molecule has 0 radical (unpaired) electrons. The minimum Gasteiger partial charge on any atom is -0.466 e. The number of rotatable bonds is 1. The Bertz CT molecular complexity index is 232. The molecule has 0 aromatic carbocycles. The molecule has 1 N–H and O–H groups in total. The summed E-state index contributed by atoms with van der Waals surface area (Å²) in [5.41, 5.74) is 0. The molecule has 1 atom stereocenters. The summed E-state index contributed by atoms with van der Waals surface area (Å²) < 4.78 is 4.96. The standard InChI is InChI=1S/C7H9NO3/c1-4(9)3-6-8-7(10)5(2)11-6/h3,5H,1-2H3,(H,8,10)/b6-3+. The predicted octanol–water partition coefficient (Wildman–Crippen LogP) is -0.0483. The zero-order valence-electron chi connectivity index (χ0n) is 6.38. The van der Waals surface area contributed by atoms with Crippen LogP contribution in [0.1, 0.15) is 13.8 Å². The molecule has 1 unspecified atom stereocenters. The number of allylic oxidation sites excluding steroid dienone is 1. The fraction of sp³-hybridized carbons (Fsp3) is 0.429. The SMILES string of the molecule is CC(=O)/C=C1\NC(=O)C(C)O1. The van der Waals surface area contributed by atoms with E-state index in [1.807, 2.05) is 0 Å². The van der Waals surface area contributed by atoms with Crippen molar-refractivity contribution < 1.29 is 14.3 Å². The number of carbonyl (C=O) groups excluding carboxylic acids is 2. The number of hydrogen-bond acceptors (Lipinski definition) is 3. The van der Waals surface area contributed by atoms with Gasteiger partial charge in [-0.15, -0.1) is 0 Å². The van der Waals surface area contributed by atoms with E-state index < -0.39 is 6.10 Å². The van der Waals surface area contributed by atoms with Crippen LogP contribution < -0.4 is 5.32 Å². The lowest BCUT2D eigenvalue weighted by molar-refractivity contribution is -0.122. The fourth-order valence-corrected chi connectivity index (χ4v) is 0.751. The smallest absolute Gasteiger partial charge is 0.267 e. The van der Waals surface area contributed by atoms with Gasteiger partial charge in [0.05, 0.1) is 0 Å². The number of nitrogens with one attached hydrogen (secondary N) is 1. The maximum absolute atomic E-state index is 10.8. The van der Waals surface area contributed by atoms with E-state index in [0.717, 1.165) is 0 Å². The van der Waals surface area contributed by atoms with E-state index in [1.54, 1.807) is 6.92 Å². The Morgan fingerprint density at radius 2 is 2.36 bits per heavy atom. The van der Waals surface area contributed by atoms with E-state index in [2.05, 4.69) is 5.32 Å². The lowest BCUT2D eigenvalue weighted by Gasteiger charge is -1.96. The molecule has 60 valence electrons. The van der Waals surface area contributed by atoms with Crippen LogP contribution in [0.25, 0.3) is 0 Å². The van der Waals surface area contributed by atoms with E-state index in [9.17, 15) is 9.59 Å². The second-order valence-corrected chi connectivity index (χ2v) is 2.37. The molecular formula is C7H9NO3. The Morgan fingerprint density at radius 3 is 2.73 bits per heavy atom. The molecule has 1 rings (SSSR count). The lowest BCUT2D eigenvalue weighted by atomic mass is 10.4. The molecule has 0 bridgehead atoms. The lowest BCUT2D eigenvalue weighted by Crippen LogP contribution is -2.20. The average Bonchev–Trinajstić information content (AvgIpc) is 2.10. The van der Waals surface area contributed by atoms with E-state index in [0.29, 0.717) is 0 Å². The highest BCUT2D eigenvalue weighted by Crippen LogP contribution is 2.07. The first-order valence-electron chi connectivity index (χ1n) is 3.29. The van der Waals surface area contributed by atoms with Gasteiger partial charge in [-0.1, -0.05) is 0 Å². The maximum Gasteiger partial charge on any atom is 0.267 e. The summed E-state index contributed by atoms with van der Waals surface area (Å²) in [5.74, 6) is -0.109. The van der Waals surface area contributed by atoms with E-state index in [4.69, 9.17) is 4.74 Å². The monoisotopic (exact) mass is 155 g/mol. The second kappa shape index (κ2) is 2.74. The summed E-state index contributed by atoms with van der Waals surface area (Å²) in [4.78, 5) is 21.3. The number of ketones is 1. The highest BCUT2D eigenvalue weighted by Gasteiger charge is 2.24. The third kappa shape index (κ3) is 1.80. The van der Waals surface area contributed by atoms with Gasteiger partial charge in [0.1, 0.15) is 0 Å². The summed E-state index contributed by atoms with van der Waals surface area (Å²) in [7, 11) is 0. The van der Waals surface area contributed by atoms with Gasteiger partial charge in [0.15, 0.2) is 17.8 Å². The largest absolute Gasteiger partial charge is 0.466 e. The highest BCUT2D eigenvalue weighted by molar-refractivity contribution is 5.90. The van der Waals surface area contributed by atoms with Gasteiger partial charge in [-0.3, -0.25) is 14.9 Å². The molecule has 4 heteroatoms. The summed E-state index contributed by atoms with van der Waals surface area (Å²) in [5, 5.41) is 2.41. The Hall–Kier alpha value is -1.32. The third-order valence-electron chi connectivity index (χ3n) is 1.25. The van der Waals surface area contributed by atoms with Crippen LogP contribution in [-0.4, -0.2) is 17.8 Å². The molecular weight excluding hydrogens is 146 g/mol. The molecule has 0 spiro atoms. The first kappa shape index (κ1) is 7.78. The van der Waals surface area contributed by atoms with Gasteiger partial charge in [-0.2, -0.15) is 0 Å². The Labute approximate surface area is 64.2 Å². The fourth-order valence-electron chi connectivity index (χ4n) is 0.751. The van der Waals surface area contributed by atoms with Gasteiger partial charge in [-0.25, -0.2) is 0 Å². The number of amides is 1. The van der Waals surface area contributed by atoms with Gasteiger partial charge in [-0.05, 0) is 13.8 Å². The van der Waals surface area contributed by atoms with Crippen LogP contribution >= 0.6 is 0 Å². The molecule has 1 aliphatic heterocycles. The van der Waals surface area contributed by atoms with Crippen LogP contribution in [0.5, 0.6) is 0 Å². The summed E-state index contributed by atoms with van der Waals surface area (Å²) in [6, 6.07) is 0. The summed E-state index contributed by atoms with van der Waals surface area (Å²) in [6.45, 7) is 3.02. The molecule has 0 aromatic heterocycles. The minimum atomic E-state index is -0.486. The average molecular weight is 155 g/mol. The van der Waals surface area contributed by atoms with E-state index in [-0.39, 0.29) is 17.6 Å². The van der Waals surface area contributed by atoms with Crippen molar-refractivity contribution in [1.29, 1.82) is 0 Å². The molecule has 0 saturated carbocycles. The summed E-state index contributed by atoms with van der Waals surface area (Å²) in [6.07, 6.45) is 0.766. The van der Waals surface area contributed by atoms with Crippen LogP contribution in [-0.2, 0) is 14.3 Å². The first-order chi connectivity index (χ1) is 5.09. The van der Waals surface area contributed by atoms with E-state index in [1.165, 1.54) is 13.0 Å². The van der Waals surface area contributed by atoms with Crippen molar-refractivity contribution in [2.75, 3.05) is 0 Å². The minimum absolute atomic E-state index is 0.144. The van der Waals surface area contributed by atoms with Crippen LogP contribution in [0.4, 0.5) is 0 Å². The zero-order valence-corrected chi connectivity index (χ0v) is 6.38. The Morgan fingerprint density at radius 1 is 1.73 bits per heavy atom. The van der Waals surface area contributed by atoms with E-state index >= 15 is 0 Å². The van der Waals surface area contributed by atoms with Gasteiger partial charge < -0.3 is 4.74 Å². The number of carbonyl (C=O) groups is 2. The van der Waals surface area contributed by atoms with Crippen molar-refractivity contribution in [3.63, 3.8) is 0 Å². The van der Waals surface area contributed by atoms with Gasteiger partial charge in [0, 0.05) is 6.08 Å². The van der Waals surface area contributed by atoms with Crippen LogP contribution in [0.15, 0.2) is 12.0 Å². The van der Waals surface area contributed by atoms with Gasteiger partial charge in [0.2, 0.25) is 0 Å². The Kier molecular flexibility index (Phi) is 1.94. The molecule has 1 saturated heterocycles.